The molecule has 29 heavy (non-hydrogen) atoms. The monoisotopic (exact) mass is 397 g/mol. The summed E-state index contributed by atoms with van der Waals surface area (Å²) in [7, 11) is 0. The second-order valence-electron chi connectivity index (χ2n) is 6.85. The Morgan fingerprint density at radius 3 is 3.00 bits per heavy atom. The van der Waals surface area contributed by atoms with E-state index in [1.807, 2.05) is 25.1 Å². The van der Waals surface area contributed by atoms with E-state index in [4.69, 9.17) is 14.0 Å². The lowest BCUT2D eigenvalue weighted by Gasteiger charge is -2.04. The molecule has 0 amide bonds. The average Bonchev–Trinajstić information content (AvgIpc) is 3.30. The van der Waals surface area contributed by atoms with Gasteiger partial charge >= 0.3 is 11.7 Å². The summed E-state index contributed by atoms with van der Waals surface area (Å²) in [6.07, 6.45) is 2.33. The van der Waals surface area contributed by atoms with Gasteiger partial charge in [-0.15, -0.1) is 0 Å². The zero-order valence-electron chi connectivity index (χ0n) is 15.7. The third-order valence-corrected chi connectivity index (χ3v) is 4.57. The SMILES string of the molecule is CC1Cc2cc(-c3cc(COC(=O)CCn4ccc(=O)[nH]c4=O)no3)ccc2O1. The average molecular weight is 397 g/mol. The van der Waals surface area contributed by atoms with Gasteiger partial charge in [0.15, 0.2) is 5.76 Å². The number of nitrogens with one attached hydrogen (secondary N) is 1. The quantitative estimate of drug-likeness (QED) is 0.629. The Morgan fingerprint density at radius 1 is 1.31 bits per heavy atom. The first-order chi connectivity index (χ1) is 14.0. The molecule has 1 unspecified atom stereocenters. The van der Waals surface area contributed by atoms with E-state index in [2.05, 4.69) is 10.1 Å². The molecule has 1 atom stereocenters. The van der Waals surface area contributed by atoms with E-state index in [0.717, 1.165) is 23.3 Å². The third kappa shape index (κ3) is 4.29. The normalized spacial score (nSPS) is 15.0. The molecule has 4 rings (SSSR count). The minimum absolute atomic E-state index is 0.0142. The van der Waals surface area contributed by atoms with E-state index < -0.39 is 17.2 Å². The predicted octanol–water partition coefficient (Wildman–Crippen LogP) is 1.65. The van der Waals surface area contributed by atoms with Crippen molar-refractivity contribution >= 4 is 5.97 Å². The Balaban J connectivity index is 1.32. The van der Waals surface area contributed by atoms with Gasteiger partial charge in [-0.1, -0.05) is 5.16 Å². The second-order valence-corrected chi connectivity index (χ2v) is 6.85. The molecule has 0 aliphatic carbocycles. The van der Waals surface area contributed by atoms with Crippen LogP contribution < -0.4 is 16.0 Å². The van der Waals surface area contributed by atoms with Gasteiger partial charge in [0, 0.05) is 36.9 Å². The van der Waals surface area contributed by atoms with Crippen molar-refractivity contribution in [2.24, 2.45) is 0 Å². The van der Waals surface area contributed by atoms with E-state index in [-0.39, 0.29) is 25.7 Å². The molecule has 0 radical (unpaired) electrons. The highest BCUT2D eigenvalue weighted by molar-refractivity contribution is 5.69. The Kier molecular flexibility index (Phi) is 5.03. The topological polar surface area (TPSA) is 116 Å². The zero-order chi connectivity index (χ0) is 20.4. The smallest absolute Gasteiger partial charge is 0.328 e. The van der Waals surface area contributed by atoms with Gasteiger partial charge in [0.25, 0.3) is 5.56 Å². The maximum atomic E-state index is 11.9. The Bertz CT molecular complexity index is 1160. The van der Waals surface area contributed by atoms with Crippen molar-refractivity contribution in [3.8, 4) is 17.1 Å². The molecule has 150 valence electrons. The maximum absolute atomic E-state index is 11.9. The van der Waals surface area contributed by atoms with Crippen molar-refractivity contribution in [3.63, 3.8) is 0 Å². The molecule has 3 aromatic rings. The number of rotatable bonds is 6. The molecule has 0 spiro atoms. The highest BCUT2D eigenvalue weighted by Gasteiger charge is 2.20. The van der Waals surface area contributed by atoms with Crippen LogP contribution in [0.5, 0.6) is 5.75 Å². The maximum Gasteiger partial charge on any atom is 0.328 e. The first-order valence-corrected chi connectivity index (χ1v) is 9.19. The number of benzene rings is 1. The largest absolute Gasteiger partial charge is 0.490 e. The van der Waals surface area contributed by atoms with Gasteiger partial charge in [-0.2, -0.15) is 0 Å². The lowest BCUT2D eigenvalue weighted by Crippen LogP contribution is -2.29. The number of aromatic amines is 1. The number of nitrogens with zero attached hydrogens (tertiary/aromatic N) is 2. The minimum Gasteiger partial charge on any atom is -0.490 e. The Hall–Kier alpha value is -3.62. The van der Waals surface area contributed by atoms with Crippen molar-refractivity contribution in [3.05, 3.63) is 68.6 Å². The molecular weight excluding hydrogens is 378 g/mol. The van der Waals surface area contributed by atoms with Crippen LogP contribution in [0, 0.1) is 0 Å². The molecule has 1 aliphatic heterocycles. The number of hydrogen-bond acceptors (Lipinski definition) is 7. The Labute approximate surface area is 164 Å². The van der Waals surface area contributed by atoms with Gasteiger partial charge in [-0.25, -0.2) is 4.79 Å². The van der Waals surface area contributed by atoms with Gasteiger partial charge in [-0.05, 0) is 30.7 Å². The van der Waals surface area contributed by atoms with Gasteiger partial charge in [0.2, 0.25) is 0 Å². The van der Waals surface area contributed by atoms with E-state index in [9.17, 15) is 14.4 Å². The predicted molar refractivity (Wildman–Crippen MR) is 101 cm³/mol. The number of ether oxygens (including phenoxy) is 2. The third-order valence-electron chi connectivity index (χ3n) is 4.57. The summed E-state index contributed by atoms with van der Waals surface area (Å²) in [6, 6.07) is 8.76. The van der Waals surface area contributed by atoms with Crippen LogP contribution in [-0.2, 0) is 29.1 Å². The van der Waals surface area contributed by atoms with Gasteiger partial charge < -0.3 is 18.6 Å². The standard InChI is InChI=1S/C20H19N3O6/c1-12-8-14-9-13(2-3-16(14)28-12)17-10-15(22-29-17)11-27-19(25)5-7-23-6-4-18(24)21-20(23)26/h2-4,6,9-10,12H,5,7-8,11H2,1H3,(H,21,24,26). The molecule has 0 fully saturated rings. The lowest BCUT2D eigenvalue weighted by molar-refractivity contribution is -0.145. The van der Waals surface area contributed by atoms with Crippen LogP contribution in [0.4, 0.5) is 0 Å². The molecule has 0 bridgehead atoms. The fourth-order valence-corrected chi connectivity index (χ4v) is 3.15. The van der Waals surface area contributed by atoms with Crippen molar-refractivity contribution in [1.82, 2.24) is 14.7 Å². The molecular formula is C20H19N3O6. The summed E-state index contributed by atoms with van der Waals surface area (Å²) in [5, 5.41) is 3.94. The van der Waals surface area contributed by atoms with E-state index in [0.29, 0.717) is 11.5 Å². The number of hydrogen-bond donors (Lipinski definition) is 1. The molecule has 1 N–H and O–H groups in total. The number of carbonyl (C=O) groups excluding carboxylic acids is 1. The van der Waals surface area contributed by atoms with Crippen molar-refractivity contribution < 1.29 is 18.8 Å². The van der Waals surface area contributed by atoms with E-state index in [1.165, 1.54) is 16.8 Å². The number of aryl methyl sites for hydroxylation is 1. The van der Waals surface area contributed by atoms with Crippen molar-refractivity contribution in [2.75, 3.05) is 0 Å². The van der Waals surface area contributed by atoms with Crippen LogP contribution >= 0.6 is 0 Å². The highest BCUT2D eigenvalue weighted by Crippen LogP contribution is 2.33. The fourth-order valence-electron chi connectivity index (χ4n) is 3.15. The molecule has 9 nitrogen and oxygen atoms in total. The molecule has 1 aliphatic rings. The van der Waals surface area contributed by atoms with Crippen molar-refractivity contribution in [2.45, 2.75) is 39.0 Å². The molecule has 1 aromatic carbocycles. The van der Waals surface area contributed by atoms with Crippen LogP contribution in [0.15, 0.2) is 50.6 Å². The fraction of sp³-hybridized carbons (Fsp3) is 0.300. The summed E-state index contributed by atoms with van der Waals surface area (Å²) < 4.78 is 17.5. The number of aromatic nitrogens is 3. The van der Waals surface area contributed by atoms with Gasteiger partial charge in [0.1, 0.15) is 24.2 Å². The number of H-pyrrole nitrogens is 1. The summed E-state index contributed by atoms with van der Waals surface area (Å²) >= 11 is 0. The number of esters is 1. The van der Waals surface area contributed by atoms with Crippen LogP contribution in [0.1, 0.15) is 24.6 Å². The van der Waals surface area contributed by atoms with Crippen LogP contribution in [-0.4, -0.2) is 26.8 Å². The van der Waals surface area contributed by atoms with E-state index >= 15 is 0 Å². The molecule has 0 saturated carbocycles. The molecule has 2 aromatic heterocycles. The summed E-state index contributed by atoms with van der Waals surface area (Å²) in [5.41, 5.74) is 1.43. The zero-order valence-corrected chi connectivity index (χ0v) is 15.7. The molecule has 3 heterocycles. The van der Waals surface area contributed by atoms with Crippen molar-refractivity contribution in [1.29, 1.82) is 0 Å². The summed E-state index contributed by atoms with van der Waals surface area (Å²) in [6.45, 7) is 2.09. The van der Waals surface area contributed by atoms with Crippen LogP contribution in [0.3, 0.4) is 0 Å². The molecule has 0 saturated heterocycles. The first kappa shape index (κ1) is 18.7. The summed E-state index contributed by atoms with van der Waals surface area (Å²) in [5.74, 6) is 0.978. The Morgan fingerprint density at radius 2 is 2.17 bits per heavy atom. The highest BCUT2D eigenvalue weighted by atomic mass is 16.5. The minimum atomic E-state index is -0.569. The van der Waals surface area contributed by atoms with Gasteiger partial charge in [-0.3, -0.25) is 14.6 Å². The number of carbonyl (C=O) groups is 1. The van der Waals surface area contributed by atoms with E-state index in [1.54, 1.807) is 6.07 Å². The van der Waals surface area contributed by atoms with Gasteiger partial charge in [0.05, 0.1) is 6.42 Å². The van der Waals surface area contributed by atoms with Crippen LogP contribution in [0.25, 0.3) is 11.3 Å². The summed E-state index contributed by atoms with van der Waals surface area (Å²) in [4.78, 5) is 36.7. The first-order valence-electron chi connectivity index (χ1n) is 9.19. The van der Waals surface area contributed by atoms with Crippen LogP contribution in [0.2, 0.25) is 0 Å². The molecule has 9 heteroatoms. The lowest BCUT2D eigenvalue weighted by atomic mass is 10.1. The second kappa shape index (κ2) is 7.78. The number of fused-ring (bicyclic) bond motifs is 1.